The second-order valence-electron chi connectivity index (χ2n) is 5.93. The molecule has 0 aliphatic rings. The van der Waals surface area contributed by atoms with Gasteiger partial charge in [0.1, 0.15) is 0 Å². The van der Waals surface area contributed by atoms with E-state index in [9.17, 15) is 9.59 Å². The SMILES string of the molecule is Cc1cccc(CC(=O)NCC(=O)Nc2ccc(N(C)C)cc2)c1. The number of hydrogen-bond donors (Lipinski definition) is 2. The van der Waals surface area contributed by atoms with Crippen molar-refractivity contribution in [1.82, 2.24) is 5.32 Å². The topological polar surface area (TPSA) is 61.4 Å². The molecule has 0 saturated carbocycles. The fraction of sp³-hybridized carbons (Fsp3) is 0.263. The zero-order valence-electron chi connectivity index (χ0n) is 14.3. The Morgan fingerprint density at radius 1 is 1.00 bits per heavy atom. The summed E-state index contributed by atoms with van der Waals surface area (Å²) in [5.41, 5.74) is 3.81. The van der Waals surface area contributed by atoms with Crippen molar-refractivity contribution in [2.75, 3.05) is 30.9 Å². The maximum Gasteiger partial charge on any atom is 0.243 e. The van der Waals surface area contributed by atoms with Crippen LogP contribution in [-0.4, -0.2) is 32.5 Å². The van der Waals surface area contributed by atoms with Gasteiger partial charge in [-0.1, -0.05) is 29.8 Å². The largest absolute Gasteiger partial charge is 0.378 e. The fourth-order valence-electron chi connectivity index (χ4n) is 2.30. The first-order valence-corrected chi connectivity index (χ1v) is 7.83. The molecule has 0 fully saturated rings. The number of carbonyl (C=O) groups excluding carboxylic acids is 2. The number of aryl methyl sites for hydroxylation is 1. The lowest BCUT2D eigenvalue weighted by Gasteiger charge is -2.13. The van der Waals surface area contributed by atoms with Gasteiger partial charge in [-0.15, -0.1) is 0 Å². The van der Waals surface area contributed by atoms with Crippen molar-refractivity contribution in [2.45, 2.75) is 13.3 Å². The third-order valence-corrected chi connectivity index (χ3v) is 3.56. The Morgan fingerprint density at radius 3 is 2.33 bits per heavy atom. The Labute approximate surface area is 142 Å². The number of nitrogens with one attached hydrogen (secondary N) is 2. The average Bonchev–Trinajstić information content (AvgIpc) is 2.53. The summed E-state index contributed by atoms with van der Waals surface area (Å²) in [4.78, 5) is 25.8. The standard InChI is InChI=1S/C19H23N3O2/c1-14-5-4-6-15(11-14)12-18(23)20-13-19(24)21-16-7-9-17(10-8-16)22(2)3/h4-11H,12-13H2,1-3H3,(H,20,23)(H,21,24). The van der Waals surface area contributed by atoms with Gasteiger partial charge >= 0.3 is 0 Å². The zero-order valence-corrected chi connectivity index (χ0v) is 14.3. The van der Waals surface area contributed by atoms with Gasteiger partial charge in [-0.2, -0.15) is 0 Å². The summed E-state index contributed by atoms with van der Waals surface area (Å²) in [6.07, 6.45) is 0.270. The molecule has 0 atom stereocenters. The second kappa shape index (κ2) is 8.15. The molecule has 2 amide bonds. The van der Waals surface area contributed by atoms with E-state index in [-0.39, 0.29) is 24.8 Å². The van der Waals surface area contributed by atoms with Crippen LogP contribution in [-0.2, 0) is 16.0 Å². The molecule has 5 nitrogen and oxygen atoms in total. The van der Waals surface area contributed by atoms with Crippen molar-refractivity contribution in [3.8, 4) is 0 Å². The minimum Gasteiger partial charge on any atom is -0.378 e. The van der Waals surface area contributed by atoms with Gasteiger partial charge in [0, 0.05) is 25.5 Å². The quantitative estimate of drug-likeness (QED) is 0.857. The summed E-state index contributed by atoms with van der Waals surface area (Å²) in [6.45, 7) is 1.94. The molecule has 0 spiro atoms. The highest BCUT2D eigenvalue weighted by atomic mass is 16.2. The van der Waals surface area contributed by atoms with Crippen LogP contribution < -0.4 is 15.5 Å². The van der Waals surface area contributed by atoms with Crippen LogP contribution in [0, 0.1) is 6.92 Å². The van der Waals surface area contributed by atoms with Gasteiger partial charge in [-0.25, -0.2) is 0 Å². The molecule has 2 rings (SSSR count). The number of benzene rings is 2. The van der Waals surface area contributed by atoms with Crippen molar-refractivity contribution in [2.24, 2.45) is 0 Å². The van der Waals surface area contributed by atoms with Gasteiger partial charge in [0.05, 0.1) is 13.0 Å². The minimum atomic E-state index is -0.245. The predicted octanol–water partition coefficient (Wildman–Crippen LogP) is 2.36. The smallest absolute Gasteiger partial charge is 0.243 e. The molecule has 24 heavy (non-hydrogen) atoms. The van der Waals surface area contributed by atoms with E-state index in [0.717, 1.165) is 16.8 Å². The average molecular weight is 325 g/mol. The van der Waals surface area contributed by atoms with Crippen LogP contribution in [0.4, 0.5) is 11.4 Å². The Hall–Kier alpha value is -2.82. The van der Waals surface area contributed by atoms with Crippen LogP contribution in [0.2, 0.25) is 0 Å². The van der Waals surface area contributed by atoms with E-state index in [4.69, 9.17) is 0 Å². The van der Waals surface area contributed by atoms with E-state index < -0.39 is 0 Å². The van der Waals surface area contributed by atoms with E-state index in [2.05, 4.69) is 10.6 Å². The first kappa shape index (κ1) is 17.5. The van der Waals surface area contributed by atoms with Crippen LogP contribution >= 0.6 is 0 Å². The lowest BCUT2D eigenvalue weighted by Crippen LogP contribution is -2.33. The van der Waals surface area contributed by atoms with Crippen molar-refractivity contribution in [1.29, 1.82) is 0 Å². The highest BCUT2D eigenvalue weighted by Gasteiger charge is 2.07. The number of carbonyl (C=O) groups is 2. The van der Waals surface area contributed by atoms with Gasteiger partial charge in [0.15, 0.2) is 0 Å². The number of anilines is 2. The van der Waals surface area contributed by atoms with Crippen LogP contribution in [0.5, 0.6) is 0 Å². The maximum atomic E-state index is 11.9. The summed E-state index contributed by atoms with van der Waals surface area (Å²) < 4.78 is 0. The Bertz CT molecular complexity index is 709. The molecule has 0 unspecified atom stereocenters. The second-order valence-corrected chi connectivity index (χ2v) is 5.93. The molecule has 0 aliphatic heterocycles. The molecule has 0 saturated heterocycles. The van der Waals surface area contributed by atoms with E-state index in [1.54, 1.807) is 0 Å². The first-order chi connectivity index (χ1) is 11.4. The molecule has 5 heteroatoms. The molecule has 0 heterocycles. The summed E-state index contributed by atoms with van der Waals surface area (Å²) in [5.74, 6) is -0.413. The number of hydrogen-bond acceptors (Lipinski definition) is 3. The lowest BCUT2D eigenvalue weighted by molar-refractivity contribution is -0.123. The van der Waals surface area contributed by atoms with Crippen LogP contribution in [0.1, 0.15) is 11.1 Å². The fourth-order valence-corrected chi connectivity index (χ4v) is 2.30. The molecule has 0 aromatic heterocycles. The van der Waals surface area contributed by atoms with E-state index in [0.29, 0.717) is 5.69 Å². The molecule has 2 N–H and O–H groups in total. The van der Waals surface area contributed by atoms with Gasteiger partial charge in [-0.05, 0) is 36.8 Å². The molecule has 0 bridgehead atoms. The van der Waals surface area contributed by atoms with Crippen molar-refractivity contribution >= 4 is 23.2 Å². The van der Waals surface area contributed by atoms with E-state index in [1.807, 2.05) is 74.4 Å². The van der Waals surface area contributed by atoms with Crippen molar-refractivity contribution < 1.29 is 9.59 Å². The molecule has 2 aromatic carbocycles. The highest BCUT2D eigenvalue weighted by molar-refractivity contribution is 5.94. The molecule has 0 aliphatic carbocycles. The summed E-state index contributed by atoms with van der Waals surface area (Å²) >= 11 is 0. The molecule has 0 radical (unpaired) electrons. The minimum absolute atomic E-state index is 0.0416. The van der Waals surface area contributed by atoms with Crippen molar-refractivity contribution in [3.63, 3.8) is 0 Å². The number of nitrogens with zero attached hydrogens (tertiary/aromatic N) is 1. The number of rotatable bonds is 6. The molecular formula is C19H23N3O2. The molecular weight excluding hydrogens is 302 g/mol. The highest BCUT2D eigenvalue weighted by Crippen LogP contribution is 2.15. The van der Waals surface area contributed by atoms with Crippen LogP contribution in [0.3, 0.4) is 0 Å². The van der Waals surface area contributed by atoms with Gasteiger partial charge in [-0.3, -0.25) is 9.59 Å². The normalized spacial score (nSPS) is 10.1. The zero-order chi connectivity index (χ0) is 17.5. The third kappa shape index (κ3) is 5.43. The molecule has 2 aromatic rings. The van der Waals surface area contributed by atoms with Gasteiger partial charge in [0.2, 0.25) is 11.8 Å². The van der Waals surface area contributed by atoms with Gasteiger partial charge < -0.3 is 15.5 Å². The monoisotopic (exact) mass is 325 g/mol. The summed E-state index contributed by atoms with van der Waals surface area (Å²) in [7, 11) is 3.91. The Morgan fingerprint density at radius 2 is 1.71 bits per heavy atom. The Balaban J connectivity index is 1.79. The van der Waals surface area contributed by atoms with Crippen LogP contribution in [0.15, 0.2) is 48.5 Å². The number of amides is 2. The Kier molecular flexibility index (Phi) is 5.95. The van der Waals surface area contributed by atoms with Crippen LogP contribution in [0.25, 0.3) is 0 Å². The maximum absolute atomic E-state index is 11.9. The summed E-state index contributed by atoms with van der Waals surface area (Å²) in [6, 6.07) is 15.3. The van der Waals surface area contributed by atoms with Crippen molar-refractivity contribution in [3.05, 3.63) is 59.7 Å². The van der Waals surface area contributed by atoms with E-state index in [1.165, 1.54) is 0 Å². The summed E-state index contributed by atoms with van der Waals surface area (Å²) in [5, 5.41) is 5.41. The lowest BCUT2D eigenvalue weighted by atomic mass is 10.1. The third-order valence-electron chi connectivity index (χ3n) is 3.56. The van der Waals surface area contributed by atoms with E-state index >= 15 is 0 Å². The van der Waals surface area contributed by atoms with Gasteiger partial charge in [0.25, 0.3) is 0 Å². The molecule has 126 valence electrons. The predicted molar refractivity (Wildman–Crippen MR) is 97.3 cm³/mol. The first-order valence-electron chi connectivity index (χ1n) is 7.83.